The standard InChI is InChI=1S/C14H21FN2O3S/c1-10-3-2-6-14(18,8-10)9-17-21(19,20)13-7-11(15)4-5-12(13)16/h4-5,7,10,17-18H,2-3,6,8-9,16H2,1H3. The van der Waals surface area contributed by atoms with Gasteiger partial charge in [-0.2, -0.15) is 0 Å². The van der Waals surface area contributed by atoms with Gasteiger partial charge in [-0.05, 0) is 37.0 Å². The average Bonchev–Trinajstić information content (AvgIpc) is 2.39. The number of hydrogen-bond donors (Lipinski definition) is 3. The molecule has 118 valence electrons. The summed E-state index contributed by atoms with van der Waals surface area (Å²) >= 11 is 0. The van der Waals surface area contributed by atoms with Gasteiger partial charge in [0.25, 0.3) is 0 Å². The van der Waals surface area contributed by atoms with Gasteiger partial charge in [-0.3, -0.25) is 0 Å². The van der Waals surface area contributed by atoms with Crippen LogP contribution < -0.4 is 10.5 Å². The van der Waals surface area contributed by atoms with Crippen LogP contribution in [0.25, 0.3) is 0 Å². The van der Waals surface area contributed by atoms with E-state index in [4.69, 9.17) is 5.73 Å². The van der Waals surface area contributed by atoms with Crippen LogP contribution in [0.1, 0.15) is 32.6 Å². The molecular formula is C14H21FN2O3S. The number of aliphatic hydroxyl groups is 1. The van der Waals surface area contributed by atoms with Crippen LogP contribution >= 0.6 is 0 Å². The van der Waals surface area contributed by atoms with Crippen molar-refractivity contribution in [2.45, 2.75) is 43.1 Å². The van der Waals surface area contributed by atoms with E-state index >= 15 is 0 Å². The third-order valence-corrected chi connectivity index (χ3v) is 5.38. The molecule has 7 heteroatoms. The first-order valence-corrected chi connectivity index (χ1v) is 8.47. The molecule has 1 aliphatic carbocycles. The molecule has 5 nitrogen and oxygen atoms in total. The van der Waals surface area contributed by atoms with Gasteiger partial charge in [-0.25, -0.2) is 17.5 Å². The van der Waals surface area contributed by atoms with Crippen molar-refractivity contribution >= 4 is 15.7 Å². The van der Waals surface area contributed by atoms with Gasteiger partial charge in [-0.15, -0.1) is 0 Å². The molecule has 21 heavy (non-hydrogen) atoms. The molecule has 1 saturated carbocycles. The lowest BCUT2D eigenvalue weighted by atomic mass is 9.79. The van der Waals surface area contributed by atoms with E-state index in [1.165, 1.54) is 6.07 Å². The van der Waals surface area contributed by atoms with Crippen molar-refractivity contribution in [1.29, 1.82) is 0 Å². The molecule has 2 unspecified atom stereocenters. The van der Waals surface area contributed by atoms with E-state index < -0.39 is 21.4 Å². The highest BCUT2D eigenvalue weighted by Crippen LogP contribution is 2.32. The molecule has 2 atom stereocenters. The number of benzene rings is 1. The SMILES string of the molecule is CC1CCCC(O)(CNS(=O)(=O)c2cc(F)ccc2N)C1. The zero-order chi connectivity index (χ0) is 15.7. The van der Waals surface area contributed by atoms with Crippen molar-refractivity contribution in [3.8, 4) is 0 Å². The summed E-state index contributed by atoms with van der Waals surface area (Å²) < 4.78 is 40.0. The number of nitrogen functional groups attached to an aromatic ring is 1. The van der Waals surface area contributed by atoms with E-state index in [1.54, 1.807) is 0 Å². The number of hydrogen-bond acceptors (Lipinski definition) is 4. The van der Waals surface area contributed by atoms with Crippen molar-refractivity contribution in [2.24, 2.45) is 5.92 Å². The fraction of sp³-hybridized carbons (Fsp3) is 0.571. The van der Waals surface area contributed by atoms with Crippen molar-refractivity contribution in [3.05, 3.63) is 24.0 Å². The predicted molar refractivity (Wildman–Crippen MR) is 78.6 cm³/mol. The first-order valence-electron chi connectivity index (χ1n) is 6.99. The molecule has 0 heterocycles. The first-order chi connectivity index (χ1) is 9.72. The molecule has 0 aromatic heterocycles. The minimum atomic E-state index is -3.94. The van der Waals surface area contributed by atoms with E-state index in [2.05, 4.69) is 4.72 Å². The topological polar surface area (TPSA) is 92.4 Å². The highest BCUT2D eigenvalue weighted by Gasteiger charge is 2.34. The molecule has 4 N–H and O–H groups in total. The molecule has 1 fully saturated rings. The fourth-order valence-corrected chi connectivity index (χ4v) is 4.10. The van der Waals surface area contributed by atoms with E-state index in [0.717, 1.165) is 25.0 Å². The molecule has 0 amide bonds. The van der Waals surface area contributed by atoms with E-state index in [9.17, 15) is 17.9 Å². The molecule has 0 spiro atoms. The Labute approximate surface area is 124 Å². The highest BCUT2D eigenvalue weighted by molar-refractivity contribution is 7.89. The molecule has 0 radical (unpaired) electrons. The molecule has 0 aliphatic heterocycles. The Bertz CT molecular complexity index is 621. The lowest BCUT2D eigenvalue weighted by Gasteiger charge is -2.35. The van der Waals surface area contributed by atoms with Gasteiger partial charge in [0.1, 0.15) is 10.7 Å². The highest BCUT2D eigenvalue weighted by atomic mass is 32.2. The van der Waals surface area contributed by atoms with Crippen molar-refractivity contribution < 1.29 is 17.9 Å². The Hall–Kier alpha value is -1.18. The molecule has 0 bridgehead atoms. The largest absolute Gasteiger partial charge is 0.398 e. The zero-order valence-corrected chi connectivity index (χ0v) is 12.8. The van der Waals surface area contributed by atoms with Crippen LogP contribution in [0.5, 0.6) is 0 Å². The normalized spacial score (nSPS) is 26.7. The number of halogens is 1. The Balaban J connectivity index is 2.13. The molecule has 1 aliphatic rings. The summed E-state index contributed by atoms with van der Waals surface area (Å²) in [5.74, 6) is -0.318. The van der Waals surface area contributed by atoms with E-state index in [1.807, 2.05) is 6.92 Å². The predicted octanol–water partition coefficient (Wildman–Crippen LogP) is 1.63. The monoisotopic (exact) mass is 316 g/mol. The molecule has 0 saturated heterocycles. The zero-order valence-electron chi connectivity index (χ0n) is 12.0. The lowest BCUT2D eigenvalue weighted by molar-refractivity contribution is -0.00751. The molecule has 1 aromatic carbocycles. The average molecular weight is 316 g/mol. The van der Waals surface area contributed by atoms with Gasteiger partial charge in [0, 0.05) is 6.54 Å². The van der Waals surface area contributed by atoms with Crippen LogP contribution in [0.3, 0.4) is 0 Å². The number of nitrogens with two attached hydrogens (primary N) is 1. The van der Waals surface area contributed by atoms with Crippen molar-refractivity contribution in [2.75, 3.05) is 12.3 Å². The first kappa shape index (κ1) is 16.2. The Morgan fingerprint density at radius 2 is 2.24 bits per heavy atom. The van der Waals surface area contributed by atoms with Crippen molar-refractivity contribution in [1.82, 2.24) is 4.72 Å². The minimum Gasteiger partial charge on any atom is -0.398 e. The van der Waals surface area contributed by atoms with Crippen LogP contribution in [0.2, 0.25) is 0 Å². The Morgan fingerprint density at radius 3 is 2.90 bits per heavy atom. The molecule has 1 aromatic rings. The summed E-state index contributed by atoms with van der Waals surface area (Å²) in [5.41, 5.74) is 4.52. The van der Waals surface area contributed by atoms with Gasteiger partial charge in [-0.1, -0.05) is 19.8 Å². The van der Waals surface area contributed by atoms with Crippen LogP contribution in [0.15, 0.2) is 23.1 Å². The summed E-state index contributed by atoms with van der Waals surface area (Å²) in [4.78, 5) is -0.296. The molecule has 2 rings (SSSR count). The van der Waals surface area contributed by atoms with E-state index in [-0.39, 0.29) is 17.1 Å². The number of nitrogens with one attached hydrogen (secondary N) is 1. The summed E-state index contributed by atoms with van der Waals surface area (Å²) in [7, 11) is -3.94. The second-order valence-corrected chi connectivity index (χ2v) is 7.67. The van der Waals surface area contributed by atoms with Gasteiger partial charge in [0.05, 0.1) is 11.3 Å². The second-order valence-electron chi connectivity index (χ2n) is 5.93. The smallest absolute Gasteiger partial charge is 0.242 e. The van der Waals surface area contributed by atoms with E-state index in [0.29, 0.717) is 18.8 Å². The van der Waals surface area contributed by atoms with Gasteiger partial charge < -0.3 is 10.8 Å². The van der Waals surface area contributed by atoms with Crippen LogP contribution in [-0.4, -0.2) is 25.7 Å². The lowest BCUT2D eigenvalue weighted by Crippen LogP contribution is -2.45. The Morgan fingerprint density at radius 1 is 1.52 bits per heavy atom. The van der Waals surface area contributed by atoms with Gasteiger partial charge >= 0.3 is 0 Å². The maximum atomic E-state index is 13.2. The third kappa shape index (κ3) is 3.93. The van der Waals surface area contributed by atoms with Crippen LogP contribution in [0, 0.1) is 11.7 Å². The third-order valence-electron chi connectivity index (χ3n) is 3.92. The second kappa shape index (κ2) is 5.90. The summed E-state index contributed by atoms with van der Waals surface area (Å²) in [6.45, 7) is 1.94. The maximum absolute atomic E-state index is 13.2. The maximum Gasteiger partial charge on any atom is 0.242 e. The molecular weight excluding hydrogens is 295 g/mol. The summed E-state index contributed by atoms with van der Waals surface area (Å²) in [5, 5.41) is 10.4. The number of sulfonamides is 1. The van der Waals surface area contributed by atoms with Gasteiger partial charge in [0.15, 0.2) is 0 Å². The van der Waals surface area contributed by atoms with Crippen LogP contribution in [0.4, 0.5) is 10.1 Å². The quantitative estimate of drug-likeness (QED) is 0.736. The minimum absolute atomic E-state index is 0.0205. The number of anilines is 1. The summed E-state index contributed by atoms with van der Waals surface area (Å²) in [6, 6.07) is 3.19. The number of rotatable bonds is 4. The Kier molecular flexibility index (Phi) is 4.55. The fourth-order valence-electron chi connectivity index (χ4n) is 2.84. The van der Waals surface area contributed by atoms with Crippen LogP contribution in [-0.2, 0) is 10.0 Å². The van der Waals surface area contributed by atoms with Crippen molar-refractivity contribution in [3.63, 3.8) is 0 Å². The summed E-state index contributed by atoms with van der Waals surface area (Å²) in [6.07, 6.45) is 3.00. The van der Waals surface area contributed by atoms with Gasteiger partial charge in [0.2, 0.25) is 10.0 Å².